The van der Waals surface area contributed by atoms with Crippen molar-refractivity contribution in [2.24, 2.45) is 41.4 Å². The predicted molar refractivity (Wildman–Crippen MR) is 185 cm³/mol. The number of hydrogen-bond donors (Lipinski definition) is 0. The van der Waals surface area contributed by atoms with Crippen molar-refractivity contribution >= 4 is 0 Å². The van der Waals surface area contributed by atoms with Gasteiger partial charge in [0.25, 0.3) is 0 Å². The van der Waals surface area contributed by atoms with Crippen molar-refractivity contribution in [1.29, 1.82) is 0 Å². The molecule has 0 atom stereocenters. The van der Waals surface area contributed by atoms with Crippen LogP contribution < -0.4 is 0 Å². The average Bonchev–Trinajstić information content (AvgIpc) is 3.00. The van der Waals surface area contributed by atoms with Gasteiger partial charge in [-0.1, -0.05) is 123 Å². The summed E-state index contributed by atoms with van der Waals surface area (Å²) in [7, 11) is 0. The van der Waals surface area contributed by atoms with E-state index in [1.807, 2.05) is 0 Å². The maximum atomic E-state index is 2.44. The molecule has 0 heterocycles. The van der Waals surface area contributed by atoms with Crippen molar-refractivity contribution < 1.29 is 5.71 Å². The van der Waals surface area contributed by atoms with Crippen molar-refractivity contribution in [3.05, 3.63) is 35.4 Å². The Bertz CT molecular complexity index is 778. The molecule has 236 valence electrons. The lowest BCUT2D eigenvalue weighted by atomic mass is 9.68. The molecule has 4 fully saturated rings. The average molecular weight is 557 g/mol. The minimum Gasteiger partial charge on any atom is -0.0654 e. The number of aryl methyl sites for hydroxylation is 1. The van der Waals surface area contributed by atoms with Crippen LogP contribution in [-0.4, -0.2) is 0 Å². The third-order valence-corrected chi connectivity index (χ3v) is 12.3. The lowest BCUT2D eigenvalue weighted by Gasteiger charge is -2.38. The summed E-state index contributed by atoms with van der Waals surface area (Å²) < 4.78 is 0. The van der Waals surface area contributed by atoms with Gasteiger partial charge in [0.15, 0.2) is 0 Å². The van der Waals surface area contributed by atoms with Gasteiger partial charge in [-0.25, -0.2) is 0 Å². The normalized spacial score (nSPS) is 35.0. The van der Waals surface area contributed by atoms with Crippen LogP contribution in [0.3, 0.4) is 0 Å². The lowest BCUT2D eigenvalue weighted by molar-refractivity contribution is 0.147. The zero-order valence-corrected chi connectivity index (χ0v) is 27.5. The van der Waals surface area contributed by atoms with Crippen LogP contribution in [-0.2, 0) is 6.42 Å². The smallest absolute Gasteiger partial charge is 0 e. The number of hydrogen-bond acceptors (Lipinski definition) is 0. The molecule has 4 aliphatic carbocycles. The van der Waals surface area contributed by atoms with Crippen LogP contribution in [0, 0.1) is 41.4 Å². The van der Waals surface area contributed by atoms with E-state index in [1.54, 1.807) is 44.1 Å². The van der Waals surface area contributed by atoms with Gasteiger partial charge in [-0.15, -0.1) is 0 Å². The summed E-state index contributed by atoms with van der Waals surface area (Å²) in [4.78, 5) is 0. The topological polar surface area (TPSA) is 0 Å². The van der Waals surface area contributed by atoms with Gasteiger partial charge in [0, 0.05) is 5.71 Å². The van der Waals surface area contributed by atoms with E-state index in [0.29, 0.717) is 0 Å². The van der Waals surface area contributed by atoms with Gasteiger partial charge in [0.1, 0.15) is 0 Å². The highest BCUT2D eigenvalue weighted by Gasteiger charge is 2.31. The molecule has 0 unspecified atom stereocenters. The van der Waals surface area contributed by atoms with E-state index in [9.17, 15) is 0 Å². The number of benzene rings is 1. The third-order valence-electron chi connectivity index (χ3n) is 12.3. The maximum Gasteiger partial charge on any atom is 0 e. The summed E-state index contributed by atoms with van der Waals surface area (Å²) in [6.07, 6.45) is 32.5. The van der Waals surface area contributed by atoms with E-state index < -0.39 is 0 Å². The summed E-state index contributed by atoms with van der Waals surface area (Å²) in [6.45, 7) is 9.40. The van der Waals surface area contributed by atoms with Gasteiger partial charge in [-0.2, -0.15) is 0 Å². The number of rotatable bonds is 9. The molecule has 0 bridgehead atoms. The minimum atomic E-state index is 0. The molecule has 0 radical (unpaired) electrons. The van der Waals surface area contributed by atoms with Gasteiger partial charge >= 0.3 is 0 Å². The first-order valence-electron chi connectivity index (χ1n) is 18.7. The molecular weight excluding hydrogens is 480 g/mol. The summed E-state index contributed by atoms with van der Waals surface area (Å²) >= 11 is 0. The van der Waals surface area contributed by atoms with Crippen molar-refractivity contribution in [2.75, 3.05) is 0 Å². The largest absolute Gasteiger partial charge is 0.0654 e. The third kappa shape index (κ3) is 9.90. The standard InChI is InChI=1S/C24H38.C16H30.4H2/c1-3-5-19-7-11-21(12-8-19)23-15-17-24(18-16-23)22-13-9-20(6-4-2)10-14-22;1-3-4-14-7-11-16(12-8-14)15-9-5-13(2)6-10-15;;;;/h7-8,11-12,20,22-24H,3-6,9-10,13-18H2,1-2H3;13-16H,3-12H2,1-2H3;4*1H. The SMILES string of the molecule is CCCC1CCC(C2CCC(C)CC2)CC1.CCCc1ccc(C2CCC(C3CCC(CCC)CC3)CC2)cc1.[HH].[HH].[HH].[HH]. The highest BCUT2D eigenvalue weighted by Crippen LogP contribution is 2.45. The fourth-order valence-electron chi connectivity index (χ4n) is 9.64. The summed E-state index contributed by atoms with van der Waals surface area (Å²) in [5, 5.41) is 0. The Hall–Kier alpha value is -0.780. The summed E-state index contributed by atoms with van der Waals surface area (Å²) in [5.74, 6) is 8.34. The molecule has 0 amide bonds. The van der Waals surface area contributed by atoms with E-state index >= 15 is 0 Å². The minimum absolute atomic E-state index is 0. The molecule has 4 aliphatic rings. The van der Waals surface area contributed by atoms with E-state index in [1.165, 1.54) is 108 Å². The molecule has 1 aromatic carbocycles. The molecule has 0 N–H and O–H groups in total. The van der Waals surface area contributed by atoms with Crippen LogP contribution >= 0.6 is 0 Å². The van der Waals surface area contributed by atoms with E-state index in [4.69, 9.17) is 0 Å². The second kappa shape index (κ2) is 17.4. The van der Waals surface area contributed by atoms with E-state index in [2.05, 4.69) is 52.0 Å². The summed E-state index contributed by atoms with van der Waals surface area (Å²) in [5.41, 5.74) is 3.12. The van der Waals surface area contributed by atoms with Crippen molar-refractivity contribution in [3.8, 4) is 0 Å². The van der Waals surface area contributed by atoms with Crippen LogP contribution in [0.4, 0.5) is 0 Å². The predicted octanol–water partition coefficient (Wildman–Crippen LogP) is 13.9. The first-order chi connectivity index (χ1) is 19.6. The molecule has 1 aromatic rings. The van der Waals surface area contributed by atoms with Gasteiger partial charge < -0.3 is 0 Å². The Morgan fingerprint density at radius 1 is 0.500 bits per heavy atom. The van der Waals surface area contributed by atoms with Gasteiger partial charge in [-0.3, -0.25) is 0 Å². The highest BCUT2D eigenvalue weighted by atomic mass is 14.4. The molecule has 0 aromatic heterocycles. The monoisotopic (exact) mass is 557 g/mol. The van der Waals surface area contributed by atoms with Gasteiger partial charge in [-0.05, 0) is 129 Å². The lowest BCUT2D eigenvalue weighted by Crippen LogP contribution is -2.25. The van der Waals surface area contributed by atoms with E-state index in [0.717, 1.165) is 47.3 Å². The highest BCUT2D eigenvalue weighted by molar-refractivity contribution is 5.26. The zero-order valence-electron chi connectivity index (χ0n) is 27.5. The molecule has 0 aliphatic heterocycles. The quantitative estimate of drug-likeness (QED) is 0.284. The van der Waals surface area contributed by atoms with Crippen LogP contribution in [0.25, 0.3) is 0 Å². The van der Waals surface area contributed by atoms with Crippen LogP contribution in [0.15, 0.2) is 24.3 Å². The molecule has 0 heteroatoms. The Morgan fingerprint density at radius 3 is 1.30 bits per heavy atom. The Kier molecular flexibility index (Phi) is 14.0. The fourth-order valence-corrected chi connectivity index (χ4v) is 9.64. The molecule has 40 heavy (non-hydrogen) atoms. The second-order valence-electron chi connectivity index (χ2n) is 15.3. The molecule has 0 nitrogen and oxygen atoms in total. The summed E-state index contributed by atoms with van der Waals surface area (Å²) in [6, 6.07) is 9.59. The van der Waals surface area contributed by atoms with Crippen molar-refractivity contribution in [2.45, 2.75) is 175 Å². The molecular formula is C40H76. The van der Waals surface area contributed by atoms with E-state index in [-0.39, 0.29) is 5.71 Å². The van der Waals surface area contributed by atoms with Crippen molar-refractivity contribution in [1.82, 2.24) is 0 Å². The van der Waals surface area contributed by atoms with Gasteiger partial charge in [0.05, 0.1) is 0 Å². The van der Waals surface area contributed by atoms with Crippen LogP contribution in [0.2, 0.25) is 0 Å². The first-order valence-corrected chi connectivity index (χ1v) is 18.7. The Labute approximate surface area is 257 Å². The molecule has 5 rings (SSSR count). The fraction of sp³-hybridized carbons (Fsp3) is 0.850. The molecule has 0 spiro atoms. The van der Waals surface area contributed by atoms with Crippen LogP contribution in [0.5, 0.6) is 0 Å². The maximum absolute atomic E-state index is 2.44. The van der Waals surface area contributed by atoms with Crippen LogP contribution in [0.1, 0.15) is 185 Å². The molecule has 4 saturated carbocycles. The first kappa shape index (κ1) is 32.1. The van der Waals surface area contributed by atoms with Gasteiger partial charge in [0.2, 0.25) is 0 Å². The Morgan fingerprint density at radius 2 is 0.900 bits per heavy atom. The second-order valence-corrected chi connectivity index (χ2v) is 15.3. The van der Waals surface area contributed by atoms with Crippen molar-refractivity contribution in [3.63, 3.8) is 0 Å². The Balaban J connectivity index is 0.000000820. The molecule has 0 saturated heterocycles. The zero-order chi connectivity index (χ0) is 28.2.